The predicted molar refractivity (Wildman–Crippen MR) is 58.6 cm³/mol. The lowest BCUT2D eigenvalue weighted by Crippen LogP contribution is -2.06. The standard InChI is InChI=1S/C11H12F2O3S/c1-7(3-4-14)8-5-10(13)11(6-9(8)12)17(2,15)16/h4-7H,3H2,1-2H3. The minimum Gasteiger partial charge on any atom is -0.303 e. The largest absolute Gasteiger partial charge is 0.303 e. The molecule has 0 saturated heterocycles. The molecule has 0 fully saturated rings. The van der Waals surface area contributed by atoms with Crippen LogP contribution in [0.3, 0.4) is 0 Å². The maximum Gasteiger partial charge on any atom is 0.178 e. The van der Waals surface area contributed by atoms with E-state index in [0.717, 1.165) is 12.3 Å². The zero-order valence-corrected chi connectivity index (χ0v) is 10.2. The van der Waals surface area contributed by atoms with Crippen LogP contribution in [0.15, 0.2) is 17.0 Å². The maximum absolute atomic E-state index is 13.6. The van der Waals surface area contributed by atoms with Gasteiger partial charge in [-0.2, -0.15) is 0 Å². The number of carbonyl (C=O) groups excluding carboxylic acids is 1. The summed E-state index contributed by atoms with van der Waals surface area (Å²) in [5.41, 5.74) is 0.00185. The van der Waals surface area contributed by atoms with Crippen LogP contribution in [0, 0.1) is 11.6 Å². The van der Waals surface area contributed by atoms with Crippen LogP contribution in [-0.2, 0) is 14.6 Å². The summed E-state index contributed by atoms with van der Waals surface area (Å²) in [5, 5.41) is 0. The van der Waals surface area contributed by atoms with Gasteiger partial charge in [0.1, 0.15) is 22.8 Å². The Bertz CT molecular complexity index is 538. The van der Waals surface area contributed by atoms with Crippen molar-refractivity contribution in [1.29, 1.82) is 0 Å². The van der Waals surface area contributed by atoms with E-state index < -0.39 is 32.3 Å². The number of rotatable bonds is 4. The van der Waals surface area contributed by atoms with E-state index in [1.54, 1.807) is 6.92 Å². The average Bonchev–Trinajstić information content (AvgIpc) is 2.19. The minimum atomic E-state index is -3.80. The van der Waals surface area contributed by atoms with Gasteiger partial charge in [0.2, 0.25) is 0 Å². The summed E-state index contributed by atoms with van der Waals surface area (Å²) in [5.74, 6) is -2.31. The number of aldehydes is 1. The van der Waals surface area contributed by atoms with Crippen LogP contribution in [0.1, 0.15) is 24.8 Å². The summed E-state index contributed by atoms with van der Waals surface area (Å²) in [4.78, 5) is 9.63. The van der Waals surface area contributed by atoms with E-state index in [1.807, 2.05) is 0 Å². The number of hydrogen-bond donors (Lipinski definition) is 0. The molecule has 3 nitrogen and oxygen atoms in total. The van der Waals surface area contributed by atoms with Gasteiger partial charge in [0.15, 0.2) is 9.84 Å². The Morgan fingerprint density at radius 2 is 1.88 bits per heavy atom. The SMILES string of the molecule is CC(CC=O)c1cc(F)c(S(C)(=O)=O)cc1F. The second-order valence-electron chi connectivity index (χ2n) is 3.88. The molecule has 1 aromatic rings. The molecular formula is C11H12F2O3S. The summed E-state index contributed by atoms with van der Waals surface area (Å²) in [6.07, 6.45) is 1.46. The molecule has 0 aliphatic heterocycles. The van der Waals surface area contributed by atoms with Gasteiger partial charge < -0.3 is 4.79 Å². The fourth-order valence-electron chi connectivity index (χ4n) is 1.48. The van der Waals surface area contributed by atoms with Crippen molar-refractivity contribution in [3.63, 3.8) is 0 Å². The number of carbonyl (C=O) groups is 1. The molecule has 0 bridgehead atoms. The first-order valence-corrected chi connectivity index (χ1v) is 6.79. The van der Waals surface area contributed by atoms with Crippen molar-refractivity contribution >= 4 is 16.1 Å². The Morgan fingerprint density at radius 3 is 2.35 bits per heavy atom. The van der Waals surface area contributed by atoms with Gasteiger partial charge in [-0.15, -0.1) is 0 Å². The van der Waals surface area contributed by atoms with Gasteiger partial charge >= 0.3 is 0 Å². The van der Waals surface area contributed by atoms with E-state index in [0.29, 0.717) is 12.4 Å². The van der Waals surface area contributed by atoms with Gasteiger partial charge in [0, 0.05) is 12.7 Å². The van der Waals surface area contributed by atoms with Crippen molar-refractivity contribution in [1.82, 2.24) is 0 Å². The van der Waals surface area contributed by atoms with Gasteiger partial charge in [-0.1, -0.05) is 6.92 Å². The second kappa shape index (κ2) is 4.91. The molecule has 0 saturated carbocycles. The van der Waals surface area contributed by atoms with Crippen LogP contribution in [0.25, 0.3) is 0 Å². The highest BCUT2D eigenvalue weighted by Gasteiger charge is 2.20. The fraction of sp³-hybridized carbons (Fsp3) is 0.364. The number of halogens is 2. The highest BCUT2D eigenvalue weighted by Crippen LogP contribution is 2.26. The van der Waals surface area contributed by atoms with Crippen molar-refractivity contribution in [2.45, 2.75) is 24.2 Å². The van der Waals surface area contributed by atoms with Crippen LogP contribution in [0.5, 0.6) is 0 Å². The third kappa shape index (κ3) is 3.09. The quantitative estimate of drug-likeness (QED) is 0.780. The summed E-state index contributed by atoms with van der Waals surface area (Å²) >= 11 is 0. The lowest BCUT2D eigenvalue weighted by Gasteiger charge is -2.11. The monoisotopic (exact) mass is 262 g/mol. The second-order valence-corrected chi connectivity index (χ2v) is 5.86. The van der Waals surface area contributed by atoms with Gasteiger partial charge in [0.25, 0.3) is 0 Å². The summed E-state index contributed by atoms with van der Waals surface area (Å²) in [7, 11) is -3.80. The molecule has 0 amide bonds. The summed E-state index contributed by atoms with van der Waals surface area (Å²) < 4.78 is 49.4. The van der Waals surface area contributed by atoms with Gasteiger partial charge in [0.05, 0.1) is 0 Å². The third-order valence-electron chi connectivity index (χ3n) is 2.43. The Kier molecular flexibility index (Phi) is 3.98. The highest BCUT2D eigenvalue weighted by atomic mass is 32.2. The van der Waals surface area contributed by atoms with Crippen LogP contribution in [0.2, 0.25) is 0 Å². The molecule has 0 spiro atoms. The molecular weight excluding hydrogens is 250 g/mol. The van der Waals surface area contributed by atoms with Crippen molar-refractivity contribution in [2.24, 2.45) is 0 Å². The summed E-state index contributed by atoms with van der Waals surface area (Å²) in [6.45, 7) is 1.56. The van der Waals surface area contributed by atoms with Crippen molar-refractivity contribution in [2.75, 3.05) is 6.26 Å². The molecule has 0 aliphatic rings. The van der Waals surface area contributed by atoms with E-state index in [9.17, 15) is 22.0 Å². The van der Waals surface area contributed by atoms with Gasteiger partial charge in [-0.25, -0.2) is 17.2 Å². The molecule has 1 rings (SSSR count). The first-order chi connectivity index (χ1) is 7.77. The number of hydrogen-bond acceptors (Lipinski definition) is 3. The van der Waals surface area contributed by atoms with Crippen LogP contribution < -0.4 is 0 Å². The normalized spacial score (nSPS) is 13.4. The molecule has 1 unspecified atom stereocenters. The predicted octanol–water partition coefficient (Wildman–Crippen LogP) is 2.06. The molecule has 0 aromatic heterocycles. The zero-order valence-electron chi connectivity index (χ0n) is 9.41. The molecule has 0 radical (unpaired) electrons. The lowest BCUT2D eigenvalue weighted by molar-refractivity contribution is -0.108. The Hall–Kier alpha value is -1.30. The Morgan fingerprint density at radius 1 is 1.29 bits per heavy atom. The number of benzene rings is 1. The highest BCUT2D eigenvalue weighted by molar-refractivity contribution is 7.90. The van der Waals surface area contributed by atoms with Gasteiger partial charge in [-0.3, -0.25) is 0 Å². The van der Waals surface area contributed by atoms with E-state index in [-0.39, 0.29) is 12.0 Å². The Balaban J connectivity index is 3.32. The molecule has 94 valence electrons. The van der Waals surface area contributed by atoms with Gasteiger partial charge in [-0.05, 0) is 23.6 Å². The van der Waals surface area contributed by atoms with Crippen molar-refractivity contribution < 1.29 is 22.0 Å². The third-order valence-corrected chi connectivity index (χ3v) is 3.54. The zero-order chi connectivity index (χ0) is 13.2. The molecule has 0 heterocycles. The Labute approximate surface area is 98.4 Å². The van der Waals surface area contributed by atoms with E-state index in [2.05, 4.69) is 0 Å². The van der Waals surface area contributed by atoms with E-state index in [4.69, 9.17) is 0 Å². The summed E-state index contributed by atoms with van der Waals surface area (Å²) in [6, 6.07) is 1.49. The topological polar surface area (TPSA) is 51.2 Å². The van der Waals surface area contributed by atoms with Crippen LogP contribution in [0.4, 0.5) is 8.78 Å². The van der Waals surface area contributed by atoms with Crippen LogP contribution >= 0.6 is 0 Å². The van der Waals surface area contributed by atoms with Crippen molar-refractivity contribution in [3.05, 3.63) is 29.3 Å². The molecule has 0 aliphatic carbocycles. The molecule has 17 heavy (non-hydrogen) atoms. The first kappa shape index (κ1) is 13.8. The average molecular weight is 262 g/mol. The first-order valence-electron chi connectivity index (χ1n) is 4.90. The minimum absolute atomic E-state index is 0.00185. The molecule has 1 aromatic carbocycles. The molecule has 0 N–H and O–H groups in total. The van der Waals surface area contributed by atoms with E-state index in [1.165, 1.54) is 0 Å². The lowest BCUT2D eigenvalue weighted by atomic mass is 9.98. The molecule has 6 heteroatoms. The van der Waals surface area contributed by atoms with Crippen LogP contribution in [-0.4, -0.2) is 21.0 Å². The smallest absolute Gasteiger partial charge is 0.178 e. The van der Waals surface area contributed by atoms with Crippen molar-refractivity contribution in [3.8, 4) is 0 Å². The number of sulfone groups is 1. The molecule has 1 atom stereocenters. The maximum atomic E-state index is 13.6. The fourth-order valence-corrected chi connectivity index (χ4v) is 2.21. The van der Waals surface area contributed by atoms with E-state index >= 15 is 0 Å².